The Morgan fingerprint density at radius 2 is 2.04 bits per heavy atom. The summed E-state index contributed by atoms with van der Waals surface area (Å²) in [6, 6.07) is 5.40. The molecule has 1 amide bonds. The number of carboxylic acids is 1. The Balaban J connectivity index is 2.13. The van der Waals surface area contributed by atoms with Crippen molar-refractivity contribution in [2.45, 2.75) is 45.8 Å². The second-order valence-corrected chi connectivity index (χ2v) is 5.85. The standard InChI is InChI=1S/C18H21NO6/c1-4-5-14(18(22)23)19-17(21)11(3)24-12-6-7-13-10(2)8-16(20)25-15(13)9-12/h6-9,11,14H,4-5H2,1-3H3,(H,19,21)(H,22,23)/t11-,14-/m0/s1. The van der Waals surface area contributed by atoms with Crippen LogP contribution in [0, 0.1) is 6.92 Å². The van der Waals surface area contributed by atoms with Crippen LogP contribution in [-0.2, 0) is 9.59 Å². The zero-order chi connectivity index (χ0) is 18.6. The zero-order valence-corrected chi connectivity index (χ0v) is 14.4. The number of fused-ring (bicyclic) bond motifs is 1. The number of rotatable bonds is 7. The first-order valence-electron chi connectivity index (χ1n) is 8.06. The minimum absolute atomic E-state index is 0.341. The zero-order valence-electron chi connectivity index (χ0n) is 14.4. The van der Waals surface area contributed by atoms with Gasteiger partial charge in [0, 0.05) is 17.5 Å². The van der Waals surface area contributed by atoms with Crippen molar-refractivity contribution in [2.24, 2.45) is 0 Å². The van der Waals surface area contributed by atoms with E-state index >= 15 is 0 Å². The van der Waals surface area contributed by atoms with E-state index in [0.29, 0.717) is 24.2 Å². The van der Waals surface area contributed by atoms with Crippen LogP contribution in [0.25, 0.3) is 11.0 Å². The molecule has 0 bridgehead atoms. The number of nitrogens with one attached hydrogen (secondary N) is 1. The summed E-state index contributed by atoms with van der Waals surface area (Å²) in [7, 11) is 0. The molecule has 2 aromatic rings. The quantitative estimate of drug-likeness (QED) is 0.744. The summed E-state index contributed by atoms with van der Waals surface area (Å²) in [6.45, 7) is 5.17. The van der Waals surface area contributed by atoms with Gasteiger partial charge in [0.15, 0.2) is 6.10 Å². The molecule has 7 nitrogen and oxygen atoms in total. The van der Waals surface area contributed by atoms with Crippen LogP contribution in [0.2, 0.25) is 0 Å². The summed E-state index contributed by atoms with van der Waals surface area (Å²) < 4.78 is 10.7. The molecule has 0 radical (unpaired) electrons. The average molecular weight is 347 g/mol. The van der Waals surface area contributed by atoms with Crippen LogP contribution in [0.3, 0.4) is 0 Å². The highest BCUT2D eigenvalue weighted by Gasteiger charge is 2.23. The summed E-state index contributed by atoms with van der Waals surface area (Å²) in [4.78, 5) is 34.7. The lowest BCUT2D eigenvalue weighted by molar-refractivity contribution is -0.143. The van der Waals surface area contributed by atoms with E-state index in [1.165, 1.54) is 19.1 Å². The van der Waals surface area contributed by atoms with Gasteiger partial charge in [-0.15, -0.1) is 0 Å². The summed E-state index contributed by atoms with van der Waals surface area (Å²) in [5, 5.41) is 12.3. The molecule has 25 heavy (non-hydrogen) atoms. The SMILES string of the molecule is CCC[C@H](NC(=O)[C@H](C)Oc1ccc2c(C)cc(=O)oc2c1)C(=O)O. The fraction of sp³-hybridized carbons (Fsp3) is 0.389. The van der Waals surface area contributed by atoms with Gasteiger partial charge in [0.05, 0.1) is 0 Å². The number of aryl methyl sites for hydroxylation is 1. The first-order chi connectivity index (χ1) is 11.8. The highest BCUT2D eigenvalue weighted by atomic mass is 16.5. The third-order valence-electron chi connectivity index (χ3n) is 3.80. The molecule has 134 valence electrons. The van der Waals surface area contributed by atoms with Crippen LogP contribution in [0.15, 0.2) is 33.5 Å². The second kappa shape index (κ2) is 7.83. The monoisotopic (exact) mass is 347 g/mol. The molecular formula is C18H21NO6. The van der Waals surface area contributed by atoms with E-state index in [2.05, 4.69) is 5.32 Å². The van der Waals surface area contributed by atoms with Crippen molar-refractivity contribution in [3.8, 4) is 5.75 Å². The van der Waals surface area contributed by atoms with Crippen molar-refractivity contribution in [3.63, 3.8) is 0 Å². The van der Waals surface area contributed by atoms with E-state index in [1.54, 1.807) is 19.1 Å². The van der Waals surface area contributed by atoms with Gasteiger partial charge in [-0.3, -0.25) is 4.79 Å². The Kier molecular flexibility index (Phi) is 5.80. The lowest BCUT2D eigenvalue weighted by Crippen LogP contribution is -2.46. The molecule has 7 heteroatoms. The summed E-state index contributed by atoms with van der Waals surface area (Å²) in [6.07, 6.45) is 0.0803. The lowest BCUT2D eigenvalue weighted by atomic mass is 10.1. The molecule has 2 N–H and O–H groups in total. The first kappa shape index (κ1) is 18.5. The Morgan fingerprint density at radius 1 is 1.32 bits per heavy atom. The van der Waals surface area contributed by atoms with Gasteiger partial charge in [-0.05, 0) is 38.0 Å². The summed E-state index contributed by atoms with van der Waals surface area (Å²) in [5.74, 6) is -1.25. The molecule has 0 spiro atoms. The fourth-order valence-corrected chi connectivity index (χ4v) is 2.47. The largest absolute Gasteiger partial charge is 0.481 e. The number of hydrogen-bond donors (Lipinski definition) is 2. The molecule has 0 saturated heterocycles. The Hall–Kier alpha value is -2.83. The fourth-order valence-electron chi connectivity index (χ4n) is 2.47. The van der Waals surface area contributed by atoms with Crippen LogP contribution in [0.1, 0.15) is 32.3 Å². The average Bonchev–Trinajstić information content (AvgIpc) is 2.53. The van der Waals surface area contributed by atoms with Crippen LogP contribution >= 0.6 is 0 Å². The van der Waals surface area contributed by atoms with Crippen molar-refractivity contribution in [2.75, 3.05) is 0 Å². The molecule has 0 unspecified atom stereocenters. The molecule has 1 aromatic carbocycles. The van der Waals surface area contributed by atoms with Gasteiger partial charge in [0.25, 0.3) is 5.91 Å². The smallest absolute Gasteiger partial charge is 0.336 e. The number of aliphatic carboxylic acids is 1. The van der Waals surface area contributed by atoms with Crippen molar-refractivity contribution in [3.05, 3.63) is 40.2 Å². The second-order valence-electron chi connectivity index (χ2n) is 5.85. The summed E-state index contributed by atoms with van der Waals surface area (Å²) >= 11 is 0. The molecule has 1 heterocycles. The third kappa shape index (κ3) is 4.59. The van der Waals surface area contributed by atoms with Gasteiger partial charge in [0.1, 0.15) is 17.4 Å². The normalized spacial score (nSPS) is 13.2. The van der Waals surface area contributed by atoms with Crippen LogP contribution < -0.4 is 15.7 Å². The molecule has 0 aliphatic heterocycles. The minimum Gasteiger partial charge on any atom is -0.481 e. The number of amides is 1. The molecule has 0 aliphatic carbocycles. The number of carbonyl (C=O) groups excluding carboxylic acids is 1. The summed E-state index contributed by atoms with van der Waals surface area (Å²) in [5.41, 5.74) is 0.689. The van der Waals surface area contributed by atoms with Crippen molar-refractivity contribution < 1.29 is 23.8 Å². The van der Waals surface area contributed by atoms with Crippen molar-refractivity contribution in [1.29, 1.82) is 0 Å². The van der Waals surface area contributed by atoms with Crippen LogP contribution in [-0.4, -0.2) is 29.1 Å². The van der Waals surface area contributed by atoms with E-state index in [0.717, 1.165) is 10.9 Å². The maximum atomic E-state index is 12.1. The molecule has 0 aliphatic rings. The molecular weight excluding hydrogens is 326 g/mol. The highest BCUT2D eigenvalue weighted by Crippen LogP contribution is 2.23. The Morgan fingerprint density at radius 3 is 2.68 bits per heavy atom. The topological polar surface area (TPSA) is 106 Å². The number of benzene rings is 1. The minimum atomic E-state index is -1.08. The maximum Gasteiger partial charge on any atom is 0.336 e. The van der Waals surface area contributed by atoms with Gasteiger partial charge in [-0.25, -0.2) is 9.59 Å². The van der Waals surface area contributed by atoms with Crippen molar-refractivity contribution >= 4 is 22.8 Å². The molecule has 1 aromatic heterocycles. The van der Waals surface area contributed by atoms with E-state index in [-0.39, 0.29) is 0 Å². The van der Waals surface area contributed by atoms with Crippen LogP contribution in [0.4, 0.5) is 0 Å². The lowest BCUT2D eigenvalue weighted by Gasteiger charge is -2.18. The number of ether oxygens (including phenoxy) is 1. The molecule has 0 fully saturated rings. The predicted octanol–water partition coefficient (Wildman–Crippen LogP) is 2.24. The van der Waals surface area contributed by atoms with E-state index in [1.807, 2.05) is 6.92 Å². The first-order valence-corrected chi connectivity index (χ1v) is 8.06. The number of hydrogen-bond acceptors (Lipinski definition) is 5. The van der Waals surface area contributed by atoms with E-state index in [9.17, 15) is 14.4 Å². The van der Waals surface area contributed by atoms with Gasteiger partial charge >= 0.3 is 11.6 Å². The van der Waals surface area contributed by atoms with Gasteiger partial charge in [-0.1, -0.05) is 13.3 Å². The van der Waals surface area contributed by atoms with Gasteiger partial charge in [-0.2, -0.15) is 0 Å². The van der Waals surface area contributed by atoms with Gasteiger partial charge in [0.2, 0.25) is 0 Å². The Bertz CT molecular complexity index is 841. The molecule has 2 rings (SSSR count). The Labute approximate surface area is 144 Å². The highest BCUT2D eigenvalue weighted by molar-refractivity contribution is 5.86. The van der Waals surface area contributed by atoms with E-state index in [4.69, 9.17) is 14.3 Å². The van der Waals surface area contributed by atoms with E-state index < -0.39 is 29.6 Å². The maximum absolute atomic E-state index is 12.1. The predicted molar refractivity (Wildman–Crippen MR) is 91.8 cm³/mol. The van der Waals surface area contributed by atoms with Crippen LogP contribution in [0.5, 0.6) is 5.75 Å². The molecule has 2 atom stereocenters. The number of carboxylic acid groups (broad SMARTS) is 1. The molecule has 0 saturated carbocycles. The van der Waals surface area contributed by atoms with Gasteiger partial charge < -0.3 is 19.6 Å². The number of carbonyl (C=O) groups is 2. The van der Waals surface area contributed by atoms with Crippen molar-refractivity contribution in [1.82, 2.24) is 5.32 Å². The third-order valence-corrected chi connectivity index (χ3v) is 3.80.